The number of rotatable bonds is 1. The molecule has 2 aliphatic rings. The zero-order valence-electron chi connectivity index (χ0n) is 10.5. The van der Waals surface area contributed by atoms with Gasteiger partial charge in [0, 0.05) is 6.42 Å². The molecule has 1 unspecified atom stereocenters. The first-order chi connectivity index (χ1) is 8.77. The second kappa shape index (κ2) is 4.63. The van der Waals surface area contributed by atoms with Gasteiger partial charge in [-0.15, -0.1) is 0 Å². The average molecular weight is 245 g/mol. The Labute approximate surface area is 108 Å². The highest BCUT2D eigenvalue weighted by Gasteiger charge is 2.42. The molecule has 1 aliphatic heterocycles. The van der Waals surface area contributed by atoms with Crippen LogP contribution >= 0.6 is 0 Å². The van der Waals surface area contributed by atoms with Crippen LogP contribution in [-0.4, -0.2) is 11.7 Å². The Morgan fingerprint density at radius 2 is 1.83 bits per heavy atom. The third kappa shape index (κ3) is 2.22. The minimum absolute atomic E-state index is 0.102. The van der Waals surface area contributed by atoms with Gasteiger partial charge in [0.2, 0.25) is 0 Å². The molecule has 1 aromatic rings. The Morgan fingerprint density at radius 1 is 1.11 bits per heavy atom. The number of benzene rings is 1. The molecule has 1 N–H and O–H groups in total. The molecule has 1 aliphatic carbocycles. The van der Waals surface area contributed by atoms with Crippen LogP contribution in [0.1, 0.15) is 50.1 Å². The average Bonchev–Trinajstić information content (AvgIpc) is 2.40. The molecule has 0 aromatic heterocycles. The van der Waals surface area contributed by atoms with Gasteiger partial charge in [-0.1, -0.05) is 36.8 Å². The summed E-state index contributed by atoms with van der Waals surface area (Å²) < 4.78 is 5.62. The number of amides is 1. The summed E-state index contributed by atoms with van der Waals surface area (Å²) in [5.41, 5.74) is 0.972. The number of alkyl carbamates (subject to hydrolysis) is 1. The Balaban J connectivity index is 1.82. The molecule has 3 heteroatoms. The Kier molecular flexibility index (Phi) is 2.98. The van der Waals surface area contributed by atoms with Crippen molar-refractivity contribution in [3.05, 3.63) is 35.9 Å². The zero-order chi connectivity index (χ0) is 12.4. The van der Waals surface area contributed by atoms with Crippen LogP contribution in [0.5, 0.6) is 0 Å². The fourth-order valence-corrected chi connectivity index (χ4v) is 3.22. The van der Waals surface area contributed by atoms with E-state index in [1.54, 1.807) is 0 Å². The maximum absolute atomic E-state index is 11.8. The van der Waals surface area contributed by atoms with E-state index < -0.39 is 0 Å². The first kappa shape index (κ1) is 11.6. The molecule has 18 heavy (non-hydrogen) atoms. The van der Waals surface area contributed by atoms with Crippen LogP contribution in [0.25, 0.3) is 0 Å². The summed E-state index contributed by atoms with van der Waals surface area (Å²) >= 11 is 0. The number of hydrogen-bond donors (Lipinski definition) is 1. The lowest BCUT2D eigenvalue weighted by atomic mass is 9.78. The van der Waals surface area contributed by atoms with Crippen molar-refractivity contribution in [1.29, 1.82) is 0 Å². The molecule has 1 aromatic carbocycles. The molecule has 2 fully saturated rings. The van der Waals surface area contributed by atoms with Gasteiger partial charge < -0.3 is 10.1 Å². The van der Waals surface area contributed by atoms with Gasteiger partial charge in [0.1, 0.15) is 5.60 Å². The van der Waals surface area contributed by atoms with Gasteiger partial charge in [0.05, 0.1) is 6.04 Å². The van der Waals surface area contributed by atoms with E-state index in [1.807, 2.05) is 18.2 Å². The van der Waals surface area contributed by atoms with E-state index in [2.05, 4.69) is 17.4 Å². The topological polar surface area (TPSA) is 38.3 Å². The van der Waals surface area contributed by atoms with Crippen LogP contribution in [0.15, 0.2) is 30.3 Å². The van der Waals surface area contributed by atoms with E-state index >= 15 is 0 Å². The van der Waals surface area contributed by atoms with Crippen LogP contribution in [-0.2, 0) is 4.74 Å². The summed E-state index contributed by atoms with van der Waals surface area (Å²) in [4.78, 5) is 11.8. The van der Waals surface area contributed by atoms with Gasteiger partial charge in [0.25, 0.3) is 0 Å². The third-order valence-corrected chi connectivity index (χ3v) is 4.14. The fraction of sp³-hybridized carbons (Fsp3) is 0.533. The highest BCUT2D eigenvalue weighted by molar-refractivity contribution is 5.69. The van der Waals surface area contributed by atoms with Crippen molar-refractivity contribution < 1.29 is 9.53 Å². The van der Waals surface area contributed by atoms with Gasteiger partial charge in [-0.05, 0) is 31.2 Å². The fourth-order valence-electron chi connectivity index (χ4n) is 3.22. The minimum Gasteiger partial charge on any atom is -0.443 e. The van der Waals surface area contributed by atoms with Gasteiger partial charge >= 0.3 is 6.09 Å². The first-order valence-corrected chi connectivity index (χ1v) is 6.82. The van der Waals surface area contributed by atoms with Crippen molar-refractivity contribution in [1.82, 2.24) is 5.32 Å². The second-order valence-corrected chi connectivity index (χ2v) is 5.44. The summed E-state index contributed by atoms with van der Waals surface area (Å²) in [6.07, 6.45) is 6.31. The smallest absolute Gasteiger partial charge is 0.408 e. The highest BCUT2D eigenvalue weighted by atomic mass is 16.6. The molecule has 1 saturated heterocycles. The van der Waals surface area contributed by atoms with Gasteiger partial charge in [0.15, 0.2) is 0 Å². The Morgan fingerprint density at radius 3 is 2.56 bits per heavy atom. The largest absolute Gasteiger partial charge is 0.443 e. The lowest BCUT2D eigenvalue weighted by Crippen LogP contribution is -2.49. The van der Waals surface area contributed by atoms with Crippen LogP contribution in [0.2, 0.25) is 0 Å². The van der Waals surface area contributed by atoms with E-state index in [0.29, 0.717) is 0 Å². The Hall–Kier alpha value is -1.51. The van der Waals surface area contributed by atoms with E-state index in [-0.39, 0.29) is 17.7 Å². The number of nitrogens with one attached hydrogen (secondary N) is 1. The second-order valence-electron chi connectivity index (χ2n) is 5.44. The van der Waals surface area contributed by atoms with Crippen molar-refractivity contribution in [2.75, 3.05) is 0 Å². The van der Waals surface area contributed by atoms with Crippen molar-refractivity contribution in [3.8, 4) is 0 Å². The minimum atomic E-state index is -0.253. The summed E-state index contributed by atoms with van der Waals surface area (Å²) in [5, 5.41) is 2.94. The number of carbonyl (C=O) groups is 1. The highest BCUT2D eigenvalue weighted by Crippen LogP contribution is 2.41. The summed E-state index contributed by atoms with van der Waals surface area (Å²) in [7, 11) is 0. The van der Waals surface area contributed by atoms with E-state index in [4.69, 9.17) is 4.74 Å². The van der Waals surface area contributed by atoms with Crippen molar-refractivity contribution >= 4 is 6.09 Å². The van der Waals surface area contributed by atoms with Gasteiger partial charge in [-0.25, -0.2) is 4.79 Å². The van der Waals surface area contributed by atoms with E-state index in [0.717, 1.165) is 19.3 Å². The molecule has 1 saturated carbocycles. The molecular formula is C15H19NO2. The van der Waals surface area contributed by atoms with E-state index in [9.17, 15) is 4.79 Å². The molecule has 1 heterocycles. The standard InChI is InChI=1S/C15H19NO2/c17-14-16-13(12-7-3-1-4-8-12)11-15(18-14)9-5-2-6-10-15/h1,3-4,7-8,13H,2,5-6,9-11H2,(H,16,17). The molecule has 0 radical (unpaired) electrons. The summed E-state index contributed by atoms with van der Waals surface area (Å²) in [6.45, 7) is 0. The zero-order valence-corrected chi connectivity index (χ0v) is 10.5. The summed E-state index contributed by atoms with van der Waals surface area (Å²) in [6, 6.07) is 10.3. The molecular weight excluding hydrogens is 226 g/mol. The summed E-state index contributed by atoms with van der Waals surface area (Å²) in [5.74, 6) is 0. The van der Waals surface area contributed by atoms with E-state index in [1.165, 1.54) is 24.8 Å². The molecule has 1 amide bonds. The molecule has 3 rings (SSSR count). The van der Waals surface area contributed by atoms with Crippen LogP contribution < -0.4 is 5.32 Å². The molecule has 1 spiro atoms. The van der Waals surface area contributed by atoms with Gasteiger partial charge in [-0.3, -0.25) is 0 Å². The van der Waals surface area contributed by atoms with Crippen molar-refractivity contribution in [2.45, 2.75) is 50.2 Å². The maximum atomic E-state index is 11.8. The first-order valence-electron chi connectivity index (χ1n) is 6.82. The quantitative estimate of drug-likeness (QED) is 0.821. The SMILES string of the molecule is O=C1NC(c2ccccc2)CC2(CCCCC2)O1. The third-order valence-electron chi connectivity index (χ3n) is 4.14. The van der Waals surface area contributed by atoms with Crippen LogP contribution in [0.3, 0.4) is 0 Å². The number of ether oxygens (including phenoxy) is 1. The normalized spacial score (nSPS) is 26.4. The number of carbonyl (C=O) groups excluding carboxylic acids is 1. The molecule has 96 valence electrons. The molecule has 1 atom stereocenters. The lowest BCUT2D eigenvalue weighted by Gasteiger charge is -2.43. The number of hydrogen-bond acceptors (Lipinski definition) is 2. The molecule has 0 bridgehead atoms. The van der Waals surface area contributed by atoms with Crippen LogP contribution in [0, 0.1) is 0 Å². The monoisotopic (exact) mass is 245 g/mol. The predicted octanol–water partition coefficient (Wildman–Crippen LogP) is 3.56. The van der Waals surface area contributed by atoms with Gasteiger partial charge in [-0.2, -0.15) is 0 Å². The lowest BCUT2D eigenvalue weighted by molar-refractivity contribution is -0.0507. The predicted molar refractivity (Wildman–Crippen MR) is 69.2 cm³/mol. The Bertz CT molecular complexity index is 423. The van der Waals surface area contributed by atoms with Crippen molar-refractivity contribution in [3.63, 3.8) is 0 Å². The molecule has 3 nitrogen and oxygen atoms in total. The maximum Gasteiger partial charge on any atom is 0.408 e. The van der Waals surface area contributed by atoms with Crippen molar-refractivity contribution in [2.24, 2.45) is 0 Å². The van der Waals surface area contributed by atoms with Crippen LogP contribution in [0.4, 0.5) is 4.79 Å².